The van der Waals surface area contributed by atoms with Gasteiger partial charge in [-0.15, -0.1) is 12.4 Å². The van der Waals surface area contributed by atoms with Gasteiger partial charge in [-0.2, -0.15) is 0 Å². The van der Waals surface area contributed by atoms with Gasteiger partial charge in [-0.3, -0.25) is 4.79 Å². The van der Waals surface area contributed by atoms with Gasteiger partial charge in [0, 0.05) is 0 Å². The van der Waals surface area contributed by atoms with Crippen LogP contribution in [0.1, 0.15) is 39.5 Å². The Bertz CT molecular complexity index is 224. The lowest BCUT2D eigenvalue weighted by Gasteiger charge is -2.29. The van der Waals surface area contributed by atoms with Gasteiger partial charge in [0.2, 0.25) is 5.91 Å². The molecule has 0 aromatic rings. The molecule has 96 valence electrons. The summed E-state index contributed by atoms with van der Waals surface area (Å²) in [6.45, 7) is 3.84. The summed E-state index contributed by atoms with van der Waals surface area (Å²) in [5.41, 5.74) is 5.73. The number of aliphatic hydroxyl groups excluding tert-OH is 1. The van der Waals surface area contributed by atoms with Crippen molar-refractivity contribution in [2.24, 2.45) is 11.7 Å². The maximum atomic E-state index is 11.7. The highest BCUT2D eigenvalue weighted by Crippen LogP contribution is 2.18. The molecule has 0 aromatic heterocycles. The molecule has 4 nitrogen and oxygen atoms in total. The smallest absolute Gasteiger partial charge is 0.237 e. The second kappa shape index (κ2) is 7.09. The molecule has 0 radical (unpaired) electrons. The Morgan fingerprint density at radius 1 is 1.38 bits per heavy atom. The van der Waals surface area contributed by atoms with Crippen LogP contribution in [0, 0.1) is 5.92 Å². The second-order valence-electron chi connectivity index (χ2n) is 4.74. The number of halogens is 1. The summed E-state index contributed by atoms with van der Waals surface area (Å²) in [5.74, 6) is -0.0123. The summed E-state index contributed by atoms with van der Waals surface area (Å²) in [6.07, 6.45) is 3.35. The molecule has 1 rings (SSSR count). The van der Waals surface area contributed by atoms with Crippen LogP contribution in [0.3, 0.4) is 0 Å². The monoisotopic (exact) mass is 250 g/mol. The number of hydrogen-bond acceptors (Lipinski definition) is 3. The molecule has 1 aliphatic rings. The Hall–Kier alpha value is -0.320. The number of nitrogens with one attached hydrogen (secondary N) is 1. The van der Waals surface area contributed by atoms with E-state index >= 15 is 0 Å². The van der Waals surface area contributed by atoms with E-state index in [-0.39, 0.29) is 30.3 Å². The molecule has 0 spiro atoms. The Balaban J connectivity index is 0.00000225. The van der Waals surface area contributed by atoms with Gasteiger partial charge in [0.1, 0.15) is 0 Å². The molecule has 4 N–H and O–H groups in total. The molecule has 2 unspecified atom stereocenters. The van der Waals surface area contributed by atoms with Crippen LogP contribution in [-0.2, 0) is 4.79 Å². The van der Waals surface area contributed by atoms with Crippen LogP contribution >= 0.6 is 12.4 Å². The first kappa shape index (κ1) is 15.7. The number of carbonyl (C=O) groups excluding carboxylic acids is 1. The molecule has 1 aliphatic carbocycles. The van der Waals surface area contributed by atoms with Gasteiger partial charge in [-0.25, -0.2) is 0 Å². The van der Waals surface area contributed by atoms with E-state index in [1.54, 1.807) is 0 Å². The van der Waals surface area contributed by atoms with Gasteiger partial charge < -0.3 is 16.2 Å². The fraction of sp³-hybridized carbons (Fsp3) is 0.909. The minimum atomic E-state index is -0.473. The highest BCUT2D eigenvalue weighted by atomic mass is 35.5. The van der Waals surface area contributed by atoms with Crippen molar-refractivity contribution >= 4 is 18.3 Å². The Kier molecular flexibility index (Phi) is 6.95. The van der Waals surface area contributed by atoms with E-state index in [2.05, 4.69) is 5.32 Å². The van der Waals surface area contributed by atoms with E-state index in [0.717, 1.165) is 25.7 Å². The normalized spacial score (nSPS) is 27.1. The SMILES string of the molecule is CC(C)[C@H](N)C(=O)NC1CCCCC1O.Cl. The quantitative estimate of drug-likeness (QED) is 0.694. The van der Waals surface area contributed by atoms with E-state index in [1.165, 1.54) is 0 Å². The van der Waals surface area contributed by atoms with E-state index < -0.39 is 12.1 Å². The lowest BCUT2D eigenvalue weighted by molar-refractivity contribution is -0.125. The molecule has 0 aromatic carbocycles. The van der Waals surface area contributed by atoms with Crippen LogP contribution in [0.5, 0.6) is 0 Å². The molecule has 1 saturated carbocycles. The highest BCUT2D eigenvalue weighted by molar-refractivity contribution is 5.85. The first-order valence-electron chi connectivity index (χ1n) is 5.76. The van der Waals surface area contributed by atoms with Gasteiger partial charge >= 0.3 is 0 Å². The van der Waals surface area contributed by atoms with E-state index in [1.807, 2.05) is 13.8 Å². The average molecular weight is 251 g/mol. The first-order chi connectivity index (χ1) is 7.02. The number of aliphatic hydroxyl groups is 1. The lowest BCUT2D eigenvalue weighted by Crippen LogP contribution is -2.52. The van der Waals surface area contributed by atoms with Gasteiger partial charge in [0.25, 0.3) is 0 Å². The topological polar surface area (TPSA) is 75.4 Å². The van der Waals surface area contributed by atoms with Crippen molar-refractivity contribution in [1.29, 1.82) is 0 Å². The Morgan fingerprint density at radius 2 is 1.94 bits per heavy atom. The summed E-state index contributed by atoms with van der Waals surface area (Å²) >= 11 is 0. The molecular weight excluding hydrogens is 228 g/mol. The fourth-order valence-electron chi connectivity index (χ4n) is 1.86. The van der Waals surface area contributed by atoms with Crippen LogP contribution < -0.4 is 11.1 Å². The van der Waals surface area contributed by atoms with E-state index in [4.69, 9.17) is 5.73 Å². The minimum absolute atomic E-state index is 0. The summed E-state index contributed by atoms with van der Waals surface area (Å²) in [6, 6.07) is -0.574. The van der Waals surface area contributed by atoms with Crippen molar-refractivity contribution in [1.82, 2.24) is 5.32 Å². The summed E-state index contributed by atoms with van der Waals surface area (Å²) < 4.78 is 0. The number of rotatable bonds is 3. The van der Waals surface area contributed by atoms with Crippen molar-refractivity contribution in [3.05, 3.63) is 0 Å². The molecule has 3 atom stereocenters. The summed E-state index contributed by atoms with van der Waals surface area (Å²) in [7, 11) is 0. The Labute approximate surface area is 103 Å². The predicted molar refractivity (Wildman–Crippen MR) is 66.5 cm³/mol. The third-order valence-corrected chi connectivity index (χ3v) is 3.08. The molecular formula is C11H23ClN2O2. The second-order valence-corrected chi connectivity index (χ2v) is 4.74. The number of carbonyl (C=O) groups is 1. The molecule has 1 amide bonds. The van der Waals surface area contributed by atoms with Crippen molar-refractivity contribution in [3.8, 4) is 0 Å². The zero-order chi connectivity index (χ0) is 11.4. The van der Waals surface area contributed by atoms with Crippen molar-refractivity contribution < 1.29 is 9.90 Å². The largest absolute Gasteiger partial charge is 0.391 e. The van der Waals surface area contributed by atoms with Gasteiger partial charge in [0.15, 0.2) is 0 Å². The van der Waals surface area contributed by atoms with Crippen molar-refractivity contribution in [2.45, 2.75) is 57.7 Å². The average Bonchev–Trinajstić information content (AvgIpc) is 2.20. The van der Waals surface area contributed by atoms with Gasteiger partial charge in [0.05, 0.1) is 18.2 Å². The minimum Gasteiger partial charge on any atom is -0.391 e. The number of hydrogen-bond donors (Lipinski definition) is 3. The summed E-state index contributed by atoms with van der Waals surface area (Å²) in [4.78, 5) is 11.7. The third-order valence-electron chi connectivity index (χ3n) is 3.08. The molecule has 0 aliphatic heterocycles. The zero-order valence-electron chi connectivity index (χ0n) is 9.98. The van der Waals surface area contributed by atoms with Crippen LogP contribution in [0.15, 0.2) is 0 Å². The van der Waals surface area contributed by atoms with Gasteiger partial charge in [-0.05, 0) is 18.8 Å². The molecule has 5 heteroatoms. The van der Waals surface area contributed by atoms with Crippen molar-refractivity contribution in [3.63, 3.8) is 0 Å². The molecule has 0 heterocycles. The first-order valence-corrected chi connectivity index (χ1v) is 5.76. The maximum absolute atomic E-state index is 11.7. The molecule has 0 saturated heterocycles. The fourth-order valence-corrected chi connectivity index (χ4v) is 1.86. The lowest BCUT2D eigenvalue weighted by atomic mass is 9.92. The molecule has 0 bridgehead atoms. The van der Waals surface area contributed by atoms with Crippen LogP contribution in [0.2, 0.25) is 0 Å². The maximum Gasteiger partial charge on any atom is 0.237 e. The van der Waals surface area contributed by atoms with Crippen LogP contribution in [-0.4, -0.2) is 29.2 Å². The zero-order valence-corrected chi connectivity index (χ0v) is 10.8. The highest BCUT2D eigenvalue weighted by Gasteiger charge is 2.27. The standard InChI is InChI=1S/C11H22N2O2.ClH/c1-7(2)10(12)11(15)13-8-5-3-4-6-9(8)14;/h7-10,14H,3-6,12H2,1-2H3,(H,13,15);1H/t8?,9?,10-;/m0./s1. The Morgan fingerprint density at radius 3 is 2.44 bits per heavy atom. The molecule has 16 heavy (non-hydrogen) atoms. The van der Waals surface area contributed by atoms with Crippen LogP contribution in [0.4, 0.5) is 0 Å². The van der Waals surface area contributed by atoms with E-state index in [0.29, 0.717) is 0 Å². The van der Waals surface area contributed by atoms with Gasteiger partial charge in [-0.1, -0.05) is 26.7 Å². The van der Waals surface area contributed by atoms with E-state index in [9.17, 15) is 9.90 Å². The van der Waals surface area contributed by atoms with Crippen LogP contribution in [0.25, 0.3) is 0 Å². The summed E-state index contributed by atoms with van der Waals surface area (Å²) in [5, 5.41) is 12.5. The predicted octanol–water partition coefficient (Wildman–Crippen LogP) is 0.811. The van der Waals surface area contributed by atoms with Crippen molar-refractivity contribution in [2.75, 3.05) is 0 Å². The third kappa shape index (κ3) is 4.28. The molecule has 1 fully saturated rings. The number of amides is 1. The number of nitrogens with two attached hydrogens (primary N) is 1.